The van der Waals surface area contributed by atoms with Crippen molar-refractivity contribution in [3.63, 3.8) is 0 Å². The second-order valence-corrected chi connectivity index (χ2v) is 3.72. The summed E-state index contributed by atoms with van der Waals surface area (Å²) in [4.78, 5) is 10.9. The first-order valence-electron chi connectivity index (χ1n) is 4.98. The van der Waals surface area contributed by atoms with E-state index in [0.29, 0.717) is 11.3 Å². The lowest BCUT2D eigenvalue weighted by molar-refractivity contribution is 0.112. The predicted molar refractivity (Wildman–Crippen MR) is 63.7 cm³/mol. The Morgan fingerprint density at radius 2 is 2.06 bits per heavy atom. The molecule has 0 amide bonds. The molecule has 0 bridgehead atoms. The molecule has 0 spiro atoms. The Labute approximate surface area is 92.0 Å². The van der Waals surface area contributed by atoms with Crippen molar-refractivity contribution in [3.05, 3.63) is 41.6 Å². The smallest absolute Gasteiger partial charge is 0.150 e. The Balaban J connectivity index is 2.54. The third-order valence-corrected chi connectivity index (χ3v) is 2.84. The third-order valence-electron chi connectivity index (χ3n) is 2.84. The summed E-state index contributed by atoms with van der Waals surface area (Å²) in [7, 11) is 0. The molecule has 1 aliphatic rings. The molecule has 2 aromatic carbocycles. The van der Waals surface area contributed by atoms with Crippen LogP contribution < -0.4 is 5.32 Å². The van der Waals surface area contributed by atoms with Crippen LogP contribution in [0, 0.1) is 0 Å². The van der Waals surface area contributed by atoms with Crippen LogP contribution in [0.4, 0.5) is 5.69 Å². The summed E-state index contributed by atoms with van der Waals surface area (Å²) in [6, 6.07) is 7.04. The quantitative estimate of drug-likeness (QED) is 0.563. The van der Waals surface area contributed by atoms with Crippen molar-refractivity contribution in [1.82, 2.24) is 0 Å². The number of aldehydes is 1. The van der Waals surface area contributed by atoms with Gasteiger partial charge in [0.25, 0.3) is 0 Å². The molecular weight excluding hydrogens is 202 g/mol. The molecule has 0 unspecified atom stereocenters. The standard InChI is InChI=1S/C13H9NO2/c15-7-9-2-1-8-5-6-14-13-11(16)4-3-10(9)12(8)13/h1-7,14,16H. The topological polar surface area (TPSA) is 49.3 Å². The minimum atomic E-state index is 0.196. The number of carbonyl (C=O) groups excluding carboxylic acids is 1. The van der Waals surface area contributed by atoms with Gasteiger partial charge < -0.3 is 10.4 Å². The Hall–Kier alpha value is -2.29. The lowest BCUT2D eigenvalue weighted by Gasteiger charge is -2.16. The zero-order valence-corrected chi connectivity index (χ0v) is 8.40. The van der Waals surface area contributed by atoms with Crippen LogP contribution in [0.15, 0.2) is 30.5 Å². The molecule has 16 heavy (non-hydrogen) atoms. The SMILES string of the molecule is O=Cc1ccc2c3c(c(O)ccc13)NC=C2. The molecule has 0 saturated carbocycles. The van der Waals surface area contributed by atoms with Crippen molar-refractivity contribution in [2.75, 3.05) is 5.32 Å². The normalized spacial score (nSPS) is 12.5. The van der Waals surface area contributed by atoms with Crippen LogP contribution in [0.1, 0.15) is 15.9 Å². The first kappa shape index (κ1) is 8.97. The third kappa shape index (κ3) is 1.05. The molecule has 1 aliphatic heterocycles. The van der Waals surface area contributed by atoms with Crippen LogP contribution in [-0.2, 0) is 0 Å². The van der Waals surface area contributed by atoms with Gasteiger partial charge in [-0.15, -0.1) is 0 Å². The molecular formula is C13H9NO2. The second-order valence-electron chi connectivity index (χ2n) is 3.72. The zero-order chi connectivity index (χ0) is 11.1. The number of carbonyl (C=O) groups is 1. The number of hydrogen-bond acceptors (Lipinski definition) is 3. The lowest BCUT2D eigenvalue weighted by Crippen LogP contribution is -1.98. The molecule has 2 aromatic rings. The number of aromatic hydroxyl groups is 1. The average molecular weight is 211 g/mol. The highest BCUT2D eigenvalue weighted by Gasteiger charge is 2.14. The van der Waals surface area contributed by atoms with Gasteiger partial charge in [0, 0.05) is 17.1 Å². The van der Waals surface area contributed by atoms with Crippen LogP contribution in [0.5, 0.6) is 5.75 Å². The van der Waals surface area contributed by atoms with E-state index in [2.05, 4.69) is 5.32 Å². The fourth-order valence-corrected chi connectivity index (χ4v) is 2.09. The minimum absolute atomic E-state index is 0.196. The van der Waals surface area contributed by atoms with Gasteiger partial charge in [-0.1, -0.05) is 12.1 Å². The Kier molecular flexibility index (Phi) is 1.74. The fourth-order valence-electron chi connectivity index (χ4n) is 2.09. The molecule has 3 nitrogen and oxygen atoms in total. The summed E-state index contributed by atoms with van der Waals surface area (Å²) >= 11 is 0. The van der Waals surface area contributed by atoms with E-state index in [4.69, 9.17) is 0 Å². The highest BCUT2D eigenvalue weighted by molar-refractivity contribution is 6.10. The molecule has 3 heteroatoms. The number of rotatable bonds is 1. The van der Waals surface area contributed by atoms with E-state index >= 15 is 0 Å². The largest absolute Gasteiger partial charge is 0.506 e. The summed E-state index contributed by atoms with van der Waals surface area (Å²) in [5.41, 5.74) is 2.31. The minimum Gasteiger partial charge on any atom is -0.506 e. The Bertz CT molecular complexity index is 629. The van der Waals surface area contributed by atoms with E-state index in [1.807, 2.05) is 12.1 Å². The number of phenols is 1. The highest BCUT2D eigenvalue weighted by atomic mass is 16.3. The molecule has 78 valence electrons. The maximum Gasteiger partial charge on any atom is 0.150 e. The molecule has 1 heterocycles. The van der Waals surface area contributed by atoms with Crippen LogP contribution >= 0.6 is 0 Å². The molecule has 0 atom stereocenters. The molecule has 0 radical (unpaired) electrons. The maximum absolute atomic E-state index is 10.9. The van der Waals surface area contributed by atoms with Crippen molar-refractivity contribution < 1.29 is 9.90 Å². The average Bonchev–Trinajstić information content (AvgIpc) is 2.34. The monoisotopic (exact) mass is 211 g/mol. The summed E-state index contributed by atoms with van der Waals surface area (Å²) in [6.45, 7) is 0. The van der Waals surface area contributed by atoms with Crippen LogP contribution in [-0.4, -0.2) is 11.4 Å². The van der Waals surface area contributed by atoms with Gasteiger partial charge in [0.05, 0.1) is 5.69 Å². The van der Waals surface area contributed by atoms with E-state index in [0.717, 1.165) is 22.6 Å². The van der Waals surface area contributed by atoms with Gasteiger partial charge in [0.2, 0.25) is 0 Å². The first-order chi connectivity index (χ1) is 7.81. The summed E-state index contributed by atoms with van der Waals surface area (Å²) in [6.07, 6.45) is 4.53. The van der Waals surface area contributed by atoms with Gasteiger partial charge in [-0.3, -0.25) is 4.79 Å². The summed E-state index contributed by atoms with van der Waals surface area (Å²) in [5.74, 6) is 0.196. The summed E-state index contributed by atoms with van der Waals surface area (Å²) in [5, 5.41) is 14.5. The Morgan fingerprint density at radius 3 is 2.88 bits per heavy atom. The molecule has 0 aliphatic carbocycles. The van der Waals surface area contributed by atoms with Gasteiger partial charge in [-0.2, -0.15) is 0 Å². The van der Waals surface area contributed by atoms with Crippen molar-refractivity contribution in [1.29, 1.82) is 0 Å². The van der Waals surface area contributed by atoms with E-state index in [1.54, 1.807) is 24.4 Å². The lowest BCUT2D eigenvalue weighted by atomic mass is 9.96. The van der Waals surface area contributed by atoms with E-state index in [-0.39, 0.29) is 5.75 Å². The van der Waals surface area contributed by atoms with E-state index in [1.165, 1.54) is 0 Å². The van der Waals surface area contributed by atoms with Crippen LogP contribution in [0.3, 0.4) is 0 Å². The number of phenolic OH excluding ortho intramolecular Hbond substituents is 1. The fraction of sp³-hybridized carbons (Fsp3) is 0. The molecule has 2 N–H and O–H groups in total. The summed E-state index contributed by atoms with van der Waals surface area (Å²) < 4.78 is 0. The predicted octanol–water partition coefficient (Wildman–Crippen LogP) is 2.75. The van der Waals surface area contributed by atoms with Gasteiger partial charge in [-0.25, -0.2) is 0 Å². The van der Waals surface area contributed by atoms with Gasteiger partial charge in [-0.05, 0) is 29.2 Å². The maximum atomic E-state index is 10.9. The number of anilines is 1. The molecule has 3 rings (SSSR count). The molecule has 0 aromatic heterocycles. The molecule has 0 fully saturated rings. The highest BCUT2D eigenvalue weighted by Crippen LogP contribution is 2.38. The van der Waals surface area contributed by atoms with Crippen molar-refractivity contribution in [2.24, 2.45) is 0 Å². The number of benzene rings is 2. The van der Waals surface area contributed by atoms with Crippen molar-refractivity contribution >= 4 is 28.8 Å². The van der Waals surface area contributed by atoms with Gasteiger partial charge in [0.15, 0.2) is 6.29 Å². The van der Waals surface area contributed by atoms with E-state index in [9.17, 15) is 9.90 Å². The number of nitrogens with one attached hydrogen (secondary N) is 1. The van der Waals surface area contributed by atoms with Gasteiger partial charge >= 0.3 is 0 Å². The van der Waals surface area contributed by atoms with Gasteiger partial charge in [0.1, 0.15) is 5.75 Å². The van der Waals surface area contributed by atoms with Crippen molar-refractivity contribution in [2.45, 2.75) is 0 Å². The van der Waals surface area contributed by atoms with Crippen molar-refractivity contribution in [3.8, 4) is 5.75 Å². The van der Waals surface area contributed by atoms with Crippen LogP contribution in [0.25, 0.3) is 16.8 Å². The second kappa shape index (κ2) is 3.10. The zero-order valence-electron chi connectivity index (χ0n) is 8.40. The Morgan fingerprint density at radius 1 is 1.19 bits per heavy atom. The number of hydrogen-bond donors (Lipinski definition) is 2. The van der Waals surface area contributed by atoms with Crippen LogP contribution in [0.2, 0.25) is 0 Å². The first-order valence-corrected chi connectivity index (χ1v) is 4.98. The molecule has 0 saturated heterocycles. The van der Waals surface area contributed by atoms with E-state index < -0.39 is 0 Å².